The van der Waals surface area contributed by atoms with Gasteiger partial charge in [-0.15, -0.1) is 0 Å². The molecule has 0 aliphatic rings. The van der Waals surface area contributed by atoms with Gasteiger partial charge >= 0.3 is 0 Å². The van der Waals surface area contributed by atoms with E-state index in [1.807, 2.05) is 19.1 Å². The summed E-state index contributed by atoms with van der Waals surface area (Å²) in [4.78, 5) is 9.09. The van der Waals surface area contributed by atoms with Crippen molar-refractivity contribution in [3.05, 3.63) is 29.8 Å². The molecule has 0 bridgehead atoms. The maximum Gasteiger partial charge on any atom is 0.152 e. The fourth-order valence-corrected chi connectivity index (χ4v) is 1.79. The van der Waals surface area contributed by atoms with E-state index >= 15 is 0 Å². The van der Waals surface area contributed by atoms with E-state index in [-0.39, 0.29) is 0 Å². The van der Waals surface area contributed by atoms with E-state index < -0.39 is 0 Å². The van der Waals surface area contributed by atoms with E-state index in [2.05, 4.69) is 29.1 Å². The van der Waals surface area contributed by atoms with Crippen molar-refractivity contribution in [1.29, 1.82) is 0 Å². The Morgan fingerprint density at radius 2 is 2.11 bits per heavy atom. The number of rotatable bonds is 5. The van der Waals surface area contributed by atoms with E-state index in [1.165, 1.54) is 0 Å². The molecule has 0 amide bonds. The highest BCUT2D eigenvalue weighted by molar-refractivity contribution is 5.64. The summed E-state index contributed by atoms with van der Waals surface area (Å²) in [6, 6.07) is 3.81. The molecule has 0 atom stereocenters. The average Bonchev–Trinajstić information content (AvgIpc) is 2.91. The highest BCUT2D eigenvalue weighted by Crippen LogP contribution is 2.26. The van der Waals surface area contributed by atoms with Gasteiger partial charge in [-0.3, -0.25) is 0 Å². The second-order valence-electron chi connectivity index (χ2n) is 4.22. The number of nitrogens with zero attached hydrogens (tertiary/aromatic N) is 2. The van der Waals surface area contributed by atoms with Crippen molar-refractivity contribution in [1.82, 2.24) is 9.97 Å². The monoisotopic (exact) mass is 245 g/mol. The topological polar surface area (TPSA) is 51.0 Å². The van der Waals surface area contributed by atoms with E-state index in [0.717, 1.165) is 48.0 Å². The third-order valence-corrected chi connectivity index (χ3v) is 2.81. The van der Waals surface area contributed by atoms with Crippen molar-refractivity contribution < 1.29 is 4.42 Å². The van der Waals surface area contributed by atoms with E-state index in [9.17, 15) is 0 Å². The van der Waals surface area contributed by atoms with Gasteiger partial charge in [-0.25, -0.2) is 9.97 Å². The molecule has 2 aromatic heterocycles. The smallest absolute Gasteiger partial charge is 0.152 e. The Bertz CT molecular complexity index is 506. The SMILES string of the molecule is CCCNc1nc(CC)nc(-c2ccco2)c1C. The van der Waals surface area contributed by atoms with Gasteiger partial charge in [0.2, 0.25) is 0 Å². The predicted octanol–water partition coefficient (Wildman–Crippen LogP) is 3.43. The minimum Gasteiger partial charge on any atom is -0.463 e. The van der Waals surface area contributed by atoms with Crippen molar-refractivity contribution >= 4 is 5.82 Å². The summed E-state index contributed by atoms with van der Waals surface area (Å²) < 4.78 is 5.44. The minimum atomic E-state index is 0.796. The fraction of sp³-hybridized carbons (Fsp3) is 0.429. The molecule has 0 fully saturated rings. The van der Waals surface area contributed by atoms with Crippen LogP contribution in [0.2, 0.25) is 0 Å². The van der Waals surface area contributed by atoms with Crippen LogP contribution in [0.1, 0.15) is 31.7 Å². The first kappa shape index (κ1) is 12.6. The zero-order valence-electron chi connectivity index (χ0n) is 11.2. The molecule has 96 valence electrons. The highest BCUT2D eigenvalue weighted by Gasteiger charge is 2.13. The molecule has 0 aliphatic heterocycles. The molecule has 0 aromatic carbocycles. The van der Waals surface area contributed by atoms with Crippen LogP contribution in [-0.4, -0.2) is 16.5 Å². The third kappa shape index (κ3) is 2.53. The molecule has 2 rings (SSSR count). The van der Waals surface area contributed by atoms with Crippen LogP contribution >= 0.6 is 0 Å². The predicted molar refractivity (Wildman–Crippen MR) is 72.6 cm³/mol. The Balaban J connectivity index is 2.45. The number of aryl methyl sites for hydroxylation is 1. The molecule has 0 aliphatic carbocycles. The van der Waals surface area contributed by atoms with Crippen LogP contribution in [0, 0.1) is 6.92 Å². The van der Waals surface area contributed by atoms with Crippen molar-refractivity contribution in [3.63, 3.8) is 0 Å². The zero-order chi connectivity index (χ0) is 13.0. The molecular formula is C14H19N3O. The number of hydrogen-bond acceptors (Lipinski definition) is 4. The van der Waals surface area contributed by atoms with Crippen LogP contribution in [0.3, 0.4) is 0 Å². The lowest BCUT2D eigenvalue weighted by atomic mass is 10.2. The van der Waals surface area contributed by atoms with Crippen LogP contribution in [0.15, 0.2) is 22.8 Å². The number of anilines is 1. The molecule has 0 saturated heterocycles. The van der Waals surface area contributed by atoms with Gasteiger partial charge in [-0.05, 0) is 25.5 Å². The summed E-state index contributed by atoms with van der Waals surface area (Å²) in [6.07, 6.45) is 3.55. The second-order valence-corrected chi connectivity index (χ2v) is 4.22. The molecule has 18 heavy (non-hydrogen) atoms. The van der Waals surface area contributed by atoms with Gasteiger partial charge in [-0.1, -0.05) is 13.8 Å². The first-order valence-electron chi connectivity index (χ1n) is 6.41. The highest BCUT2D eigenvalue weighted by atomic mass is 16.3. The molecule has 4 heteroatoms. The van der Waals surface area contributed by atoms with Gasteiger partial charge in [0, 0.05) is 18.5 Å². The summed E-state index contributed by atoms with van der Waals surface area (Å²) in [5, 5.41) is 3.35. The number of aromatic nitrogens is 2. The molecule has 4 nitrogen and oxygen atoms in total. The summed E-state index contributed by atoms with van der Waals surface area (Å²) in [6.45, 7) is 7.13. The molecule has 2 aromatic rings. The molecule has 0 spiro atoms. The molecule has 1 N–H and O–H groups in total. The Labute approximate surface area is 107 Å². The van der Waals surface area contributed by atoms with E-state index in [0.29, 0.717) is 0 Å². The quantitative estimate of drug-likeness (QED) is 0.876. The fourth-order valence-electron chi connectivity index (χ4n) is 1.79. The standard InChI is InChI=1S/C14H19N3O/c1-4-8-15-14-10(3)13(11-7-6-9-18-11)16-12(5-2)17-14/h6-7,9H,4-5,8H2,1-3H3,(H,15,16,17). The Morgan fingerprint density at radius 3 is 2.72 bits per heavy atom. The van der Waals surface area contributed by atoms with Crippen molar-refractivity contribution in [2.24, 2.45) is 0 Å². The van der Waals surface area contributed by atoms with Gasteiger partial charge in [0.25, 0.3) is 0 Å². The van der Waals surface area contributed by atoms with Gasteiger partial charge in [0.1, 0.15) is 17.3 Å². The lowest BCUT2D eigenvalue weighted by Crippen LogP contribution is -2.08. The Morgan fingerprint density at radius 1 is 1.28 bits per heavy atom. The summed E-state index contributed by atoms with van der Waals surface area (Å²) >= 11 is 0. The largest absolute Gasteiger partial charge is 0.463 e. The molecule has 0 saturated carbocycles. The number of nitrogens with one attached hydrogen (secondary N) is 1. The first-order valence-corrected chi connectivity index (χ1v) is 6.41. The summed E-state index contributed by atoms with van der Waals surface area (Å²) in [5.41, 5.74) is 1.92. The van der Waals surface area contributed by atoms with E-state index in [1.54, 1.807) is 6.26 Å². The first-order chi connectivity index (χ1) is 8.76. The normalized spacial score (nSPS) is 10.6. The average molecular weight is 245 g/mol. The minimum absolute atomic E-state index is 0.796. The Kier molecular flexibility index (Phi) is 3.97. The van der Waals surface area contributed by atoms with Crippen LogP contribution in [-0.2, 0) is 6.42 Å². The summed E-state index contributed by atoms with van der Waals surface area (Å²) in [7, 11) is 0. The van der Waals surface area contributed by atoms with Crippen LogP contribution < -0.4 is 5.32 Å². The second kappa shape index (κ2) is 5.67. The van der Waals surface area contributed by atoms with Crippen molar-refractivity contribution in [3.8, 4) is 11.5 Å². The third-order valence-electron chi connectivity index (χ3n) is 2.81. The number of furan rings is 1. The van der Waals surface area contributed by atoms with Crippen LogP contribution in [0.4, 0.5) is 5.82 Å². The molecule has 2 heterocycles. The van der Waals surface area contributed by atoms with Gasteiger partial charge < -0.3 is 9.73 Å². The molecule has 0 unspecified atom stereocenters. The maximum atomic E-state index is 5.44. The molecular weight excluding hydrogens is 226 g/mol. The maximum absolute atomic E-state index is 5.44. The summed E-state index contributed by atoms with van der Waals surface area (Å²) in [5.74, 6) is 2.55. The van der Waals surface area contributed by atoms with Crippen molar-refractivity contribution in [2.45, 2.75) is 33.6 Å². The van der Waals surface area contributed by atoms with Gasteiger partial charge in [-0.2, -0.15) is 0 Å². The van der Waals surface area contributed by atoms with Crippen molar-refractivity contribution in [2.75, 3.05) is 11.9 Å². The zero-order valence-corrected chi connectivity index (χ0v) is 11.2. The van der Waals surface area contributed by atoms with Gasteiger partial charge in [0.15, 0.2) is 5.76 Å². The van der Waals surface area contributed by atoms with Crippen LogP contribution in [0.5, 0.6) is 0 Å². The van der Waals surface area contributed by atoms with Crippen LogP contribution in [0.25, 0.3) is 11.5 Å². The van der Waals surface area contributed by atoms with E-state index in [4.69, 9.17) is 4.42 Å². The Hall–Kier alpha value is -1.84. The molecule has 0 radical (unpaired) electrons. The number of hydrogen-bond donors (Lipinski definition) is 1. The van der Waals surface area contributed by atoms with Gasteiger partial charge in [0.05, 0.1) is 6.26 Å². The lowest BCUT2D eigenvalue weighted by molar-refractivity contribution is 0.578. The lowest BCUT2D eigenvalue weighted by Gasteiger charge is -2.12.